The van der Waals surface area contributed by atoms with Crippen molar-refractivity contribution in [3.8, 4) is 5.75 Å². The van der Waals surface area contributed by atoms with Gasteiger partial charge in [0.25, 0.3) is 0 Å². The highest BCUT2D eigenvalue weighted by molar-refractivity contribution is 9.12. The van der Waals surface area contributed by atoms with Gasteiger partial charge in [-0.15, -0.1) is 0 Å². The first-order chi connectivity index (χ1) is 5.70. The lowest BCUT2D eigenvalue weighted by atomic mass is 10.2. The van der Waals surface area contributed by atoms with Gasteiger partial charge in [-0.25, -0.2) is 4.39 Å². The molecule has 0 fully saturated rings. The van der Waals surface area contributed by atoms with Gasteiger partial charge in [-0.1, -0.05) is 28.1 Å². The summed E-state index contributed by atoms with van der Waals surface area (Å²) < 4.78 is 18.3. The van der Waals surface area contributed by atoms with Gasteiger partial charge < -0.3 is 4.74 Å². The zero-order valence-electron chi connectivity index (χ0n) is 5.93. The van der Waals surface area contributed by atoms with Crippen molar-refractivity contribution in [1.82, 2.24) is 0 Å². The number of hydrogen-bond donors (Lipinski definition) is 0. The molecule has 0 aromatic heterocycles. The maximum Gasteiger partial charge on any atom is 0.170 e. The van der Waals surface area contributed by atoms with Gasteiger partial charge in [-0.05, 0) is 22.0 Å². The van der Waals surface area contributed by atoms with Crippen molar-refractivity contribution in [3.05, 3.63) is 29.6 Å². The van der Waals surface area contributed by atoms with Crippen molar-refractivity contribution in [2.75, 3.05) is 0 Å². The summed E-state index contributed by atoms with van der Waals surface area (Å²) in [6.07, 6.45) is 0. The van der Waals surface area contributed by atoms with E-state index in [4.69, 9.17) is 4.74 Å². The normalized spacial score (nSPS) is 26.6. The zero-order valence-corrected chi connectivity index (χ0v) is 9.10. The molecule has 2 atom stereocenters. The fourth-order valence-electron chi connectivity index (χ4n) is 1.18. The van der Waals surface area contributed by atoms with Gasteiger partial charge in [-0.2, -0.15) is 0 Å². The van der Waals surface area contributed by atoms with Crippen LogP contribution in [0, 0.1) is 5.82 Å². The SMILES string of the molecule is Fc1cccc2c1OC(Br)C2Br. The molecule has 12 heavy (non-hydrogen) atoms. The molecule has 0 saturated carbocycles. The van der Waals surface area contributed by atoms with Crippen LogP contribution >= 0.6 is 31.9 Å². The van der Waals surface area contributed by atoms with Crippen LogP contribution in [0.15, 0.2) is 18.2 Å². The molecule has 0 bridgehead atoms. The number of fused-ring (bicyclic) bond motifs is 1. The highest BCUT2D eigenvalue weighted by Crippen LogP contribution is 2.45. The van der Waals surface area contributed by atoms with E-state index < -0.39 is 0 Å². The summed E-state index contributed by atoms with van der Waals surface area (Å²) in [6, 6.07) is 4.92. The number of halogens is 3. The maximum atomic E-state index is 13.1. The van der Waals surface area contributed by atoms with Gasteiger partial charge in [0.1, 0.15) is 0 Å². The number of hydrogen-bond acceptors (Lipinski definition) is 1. The minimum atomic E-state index is -0.307. The fraction of sp³-hybridized carbons (Fsp3) is 0.250. The quantitative estimate of drug-likeness (QED) is 0.667. The average molecular weight is 296 g/mol. The summed E-state index contributed by atoms with van der Waals surface area (Å²) >= 11 is 6.68. The first-order valence-corrected chi connectivity index (χ1v) is 5.26. The second kappa shape index (κ2) is 3.00. The van der Waals surface area contributed by atoms with Crippen LogP contribution in [0.3, 0.4) is 0 Å². The molecule has 0 spiro atoms. The van der Waals surface area contributed by atoms with E-state index in [2.05, 4.69) is 31.9 Å². The minimum absolute atomic E-state index is 0.0307. The Balaban J connectivity index is 2.53. The number of ether oxygens (including phenoxy) is 1. The molecule has 2 unspecified atom stereocenters. The summed E-state index contributed by atoms with van der Waals surface area (Å²) in [5.74, 6) is 0.0418. The first-order valence-electron chi connectivity index (χ1n) is 3.43. The second-order valence-corrected chi connectivity index (χ2v) is 4.42. The molecule has 2 rings (SSSR count). The van der Waals surface area contributed by atoms with Gasteiger partial charge in [0.2, 0.25) is 0 Å². The molecule has 0 radical (unpaired) electrons. The van der Waals surface area contributed by atoms with Crippen LogP contribution in [-0.2, 0) is 0 Å². The molecule has 1 aliphatic rings. The highest BCUT2D eigenvalue weighted by atomic mass is 79.9. The molecule has 1 aromatic carbocycles. The molecule has 64 valence electrons. The summed E-state index contributed by atoms with van der Waals surface area (Å²) in [6.45, 7) is 0. The van der Waals surface area contributed by atoms with Crippen molar-refractivity contribution in [2.45, 2.75) is 9.84 Å². The lowest BCUT2D eigenvalue weighted by molar-refractivity contribution is 0.314. The monoisotopic (exact) mass is 294 g/mol. The standard InChI is InChI=1S/C8H5Br2FO/c9-6-4-2-1-3-5(11)7(4)12-8(6)10/h1-3,6,8H. The molecule has 1 aliphatic heterocycles. The largest absolute Gasteiger partial charge is 0.474 e. The van der Waals surface area contributed by atoms with Crippen molar-refractivity contribution in [1.29, 1.82) is 0 Å². The maximum absolute atomic E-state index is 13.1. The Morgan fingerprint density at radius 2 is 2.08 bits per heavy atom. The first kappa shape index (κ1) is 8.51. The molecule has 4 heteroatoms. The van der Waals surface area contributed by atoms with Crippen LogP contribution in [0.5, 0.6) is 5.75 Å². The van der Waals surface area contributed by atoms with Crippen LogP contribution in [0.2, 0.25) is 0 Å². The topological polar surface area (TPSA) is 9.23 Å². The number of benzene rings is 1. The Morgan fingerprint density at radius 1 is 1.33 bits per heavy atom. The molecule has 0 saturated heterocycles. The van der Waals surface area contributed by atoms with E-state index in [1.807, 2.05) is 6.07 Å². The van der Waals surface area contributed by atoms with Crippen LogP contribution in [0.4, 0.5) is 4.39 Å². The summed E-state index contributed by atoms with van der Waals surface area (Å²) in [5.41, 5.74) is 0.858. The Hall–Kier alpha value is -0.0900. The van der Waals surface area contributed by atoms with Crippen LogP contribution < -0.4 is 4.74 Å². The van der Waals surface area contributed by atoms with Crippen LogP contribution in [0.1, 0.15) is 10.4 Å². The Labute approximate surface area is 86.2 Å². The number of alkyl halides is 2. The van der Waals surface area contributed by atoms with Gasteiger partial charge in [0, 0.05) is 5.56 Å². The third-order valence-corrected chi connectivity index (χ3v) is 4.15. The lowest BCUT2D eigenvalue weighted by Gasteiger charge is -2.03. The average Bonchev–Trinajstić information content (AvgIpc) is 2.32. The predicted molar refractivity (Wildman–Crippen MR) is 51.4 cm³/mol. The van der Waals surface area contributed by atoms with E-state index in [0.717, 1.165) is 5.56 Å². The zero-order chi connectivity index (χ0) is 8.72. The summed E-state index contributed by atoms with van der Waals surface area (Å²) in [7, 11) is 0. The predicted octanol–water partition coefficient (Wildman–Crippen LogP) is 3.38. The third-order valence-electron chi connectivity index (χ3n) is 1.76. The van der Waals surface area contributed by atoms with E-state index in [0.29, 0.717) is 5.75 Å². The third kappa shape index (κ3) is 1.17. The van der Waals surface area contributed by atoms with Crippen molar-refractivity contribution >= 4 is 31.9 Å². The van der Waals surface area contributed by atoms with Crippen LogP contribution in [0.25, 0.3) is 0 Å². The summed E-state index contributed by atoms with van der Waals surface area (Å²) in [5, 5.41) is -0.176. The molecular formula is C8H5Br2FO. The molecule has 0 N–H and O–H groups in total. The van der Waals surface area contributed by atoms with Gasteiger partial charge >= 0.3 is 0 Å². The smallest absolute Gasteiger partial charge is 0.170 e. The second-order valence-electron chi connectivity index (χ2n) is 2.53. The molecule has 1 nitrogen and oxygen atoms in total. The fourth-order valence-corrected chi connectivity index (χ4v) is 2.12. The van der Waals surface area contributed by atoms with E-state index >= 15 is 0 Å². The molecule has 1 heterocycles. The molecule has 0 aliphatic carbocycles. The van der Waals surface area contributed by atoms with Crippen LogP contribution in [-0.4, -0.2) is 5.01 Å². The lowest BCUT2D eigenvalue weighted by Crippen LogP contribution is -2.04. The Kier molecular flexibility index (Phi) is 2.12. The Morgan fingerprint density at radius 3 is 2.75 bits per heavy atom. The van der Waals surface area contributed by atoms with Gasteiger partial charge in [0.15, 0.2) is 16.6 Å². The van der Waals surface area contributed by atoms with E-state index in [-0.39, 0.29) is 15.7 Å². The van der Waals surface area contributed by atoms with E-state index in [9.17, 15) is 4.39 Å². The van der Waals surface area contributed by atoms with Crippen molar-refractivity contribution < 1.29 is 9.13 Å². The highest BCUT2D eigenvalue weighted by Gasteiger charge is 2.32. The number of rotatable bonds is 0. The van der Waals surface area contributed by atoms with E-state index in [1.165, 1.54) is 6.07 Å². The van der Waals surface area contributed by atoms with Gasteiger partial charge in [0.05, 0.1) is 4.83 Å². The van der Waals surface area contributed by atoms with E-state index in [1.54, 1.807) is 6.07 Å². The molecule has 1 aromatic rings. The Bertz CT molecular complexity index is 316. The van der Waals surface area contributed by atoms with Crippen molar-refractivity contribution in [3.63, 3.8) is 0 Å². The summed E-state index contributed by atoms with van der Waals surface area (Å²) in [4.78, 5) is 0.0307. The van der Waals surface area contributed by atoms with Crippen molar-refractivity contribution in [2.24, 2.45) is 0 Å². The molecular weight excluding hydrogens is 291 g/mol. The minimum Gasteiger partial charge on any atom is -0.474 e. The van der Waals surface area contributed by atoms with Gasteiger partial charge in [-0.3, -0.25) is 0 Å². The molecule has 0 amide bonds. The number of para-hydroxylation sites is 1.